The molecule has 132 valence electrons. The first-order valence-electron chi connectivity index (χ1n) is 8.40. The Kier molecular flexibility index (Phi) is 5.03. The van der Waals surface area contributed by atoms with E-state index in [1.54, 1.807) is 16.0 Å². The predicted octanol–water partition coefficient (Wildman–Crippen LogP) is 2.95. The van der Waals surface area contributed by atoms with Gasteiger partial charge >= 0.3 is 0 Å². The van der Waals surface area contributed by atoms with E-state index in [4.69, 9.17) is 0 Å². The van der Waals surface area contributed by atoms with Gasteiger partial charge in [0.2, 0.25) is 0 Å². The second kappa shape index (κ2) is 7.23. The summed E-state index contributed by atoms with van der Waals surface area (Å²) in [5.74, 6) is -0.157. The minimum Gasteiger partial charge on any atom is -0.349 e. The highest BCUT2D eigenvalue weighted by atomic mass is 32.1. The predicted molar refractivity (Wildman–Crippen MR) is 99.9 cm³/mol. The number of hydrogen-bond donors (Lipinski definition) is 1. The highest BCUT2D eigenvalue weighted by Gasteiger charge is 2.15. The number of hydrogen-bond acceptors (Lipinski definition) is 4. The van der Waals surface area contributed by atoms with Crippen LogP contribution in [0.1, 0.15) is 34.4 Å². The third-order valence-corrected chi connectivity index (χ3v) is 5.27. The molecule has 0 aliphatic carbocycles. The van der Waals surface area contributed by atoms with Crippen LogP contribution in [0, 0.1) is 13.8 Å². The van der Waals surface area contributed by atoms with Crippen LogP contribution >= 0.6 is 11.3 Å². The van der Waals surface area contributed by atoms with Gasteiger partial charge in [0.1, 0.15) is 0 Å². The zero-order chi connectivity index (χ0) is 18.0. The second-order valence-electron chi connectivity index (χ2n) is 6.00. The van der Waals surface area contributed by atoms with E-state index >= 15 is 0 Å². The highest BCUT2D eigenvalue weighted by Crippen LogP contribution is 2.24. The number of nitrogens with zero attached hydrogens (tertiary/aromatic N) is 4. The molecule has 3 aromatic rings. The number of carbonyl (C=O) groups excluding carboxylic acids is 1. The summed E-state index contributed by atoms with van der Waals surface area (Å²) in [6.07, 6.45) is 0.976. The van der Waals surface area contributed by atoms with E-state index in [9.17, 15) is 4.79 Å². The molecule has 1 N–H and O–H groups in total. The monoisotopic (exact) mass is 357 g/mol. The Labute approximate surface area is 151 Å². The molecule has 3 rings (SSSR count). The van der Waals surface area contributed by atoms with Gasteiger partial charge in [0.05, 0.1) is 22.8 Å². The van der Waals surface area contributed by atoms with Gasteiger partial charge < -0.3 is 5.32 Å². The molecule has 3 heterocycles. The van der Waals surface area contributed by atoms with E-state index < -0.39 is 0 Å². The maximum Gasteiger partial charge on any atom is 0.271 e. The Bertz CT molecular complexity index is 876. The number of thiophene rings is 1. The first-order valence-corrected chi connectivity index (χ1v) is 9.28. The Balaban J connectivity index is 1.63. The van der Waals surface area contributed by atoms with Crippen molar-refractivity contribution in [3.63, 3.8) is 0 Å². The van der Waals surface area contributed by atoms with Gasteiger partial charge in [0, 0.05) is 19.3 Å². The maximum absolute atomic E-state index is 12.4. The SMILES string of the molecule is CCc1c(C)nn(CCNC(=O)c2cc(-c3cccs3)n(C)n2)c1C. The lowest BCUT2D eigenvalue weighted by molar-refractivity contribution is 0.0946. The number of aromatic nitrogens is 4. The van der Waals surface area contributed by atoms with Crippen LogP contribution in [0.25, 0.3) is 10.6 Å². The third kappa shape index (κ3) is 3.51. The van der Waals surface area contributed by atoms with Crippen LogP contribution < -0.4 is 5.32 Å². The summed E-state index contributed by atoms with van der Waals surface area (Å²) >= 11 is 1.63. The molecule has 0 saturated carbocycles. The first-order chi connectivity index (χ1) is 12.0. The standard InChI is InChI=1S/C18H23N5OS/c1-5-14-12(2)20-23(13(14)3)9-8-19-18(24)15-11-16(22(4)21-15)17-7-6-10-25-17/h6-7,10-11H,5,8-9H2,1-4H3,(H,19,24). The lowest BCUT2D eigenvalue weighted by Gasteiger charge is -2.06. The Morgan fingerprint density at radius 1 is 1.32 bits per heavy atom. The average Bonchev–Trinajstić information content (AvgIpc) is 3.28. The summed E-state index contributed by atoms with van der Waals surface area (Å²) in [6, 6.07) is 5.85. The summed E-state index contributed by atoms with van der Waals surface area (Å²) < 4.78 is 3.71. The molecule has 0 atom stereocenters. The van der Waals surface area contributed by atoms with Crippen molar-refractivity contribution < 1.29 is 4.79 Å². The molecule has 0 aromatic carbocycles. The van der Waals surface area contributed by atoms with E-state index in [1.165, 1.54) is 11.3 Å². The summed E-state index contributed by atoms with van der Waals surface area (Å²) in [5, 5.41) is 13.8. The lowest BCUT2D eigenvalue weighted by Crippen LogP contribution is -2.28. The van der Waals surface area contributed by atoms with Crippen LogP contribution in [0.2, 0.25) is 0 Å². The Hall–Kier alpha value is -2.41. The average molecular weight is 357 g/mol. The quantitative estimate of drug-likeness (QED) is 0.738. The van der Waals surface area contributed by atoms with Gasteiger partial charge in [0.25, 0.3) is 5.91 Å². The van der Waals surface area contributed by atoms with E-state index in [-0.39, 0.29) is 5.91 Å². The first kappa shape index (κ1) is 17.4. The van der Waals surface area contributed by atoms with Gasteiger partial charge in [-0.3, -0.25) is 14.2 Å². The minimum absolute atomic E-state index is 0.157. The molecule has 0 aliphatic rings. The van der Waals surface area contributed by atoms with Crippen LogP contribution in [-0.4, -0.2) is 32.0 Å². The number of aryl methyl sites for hydroxylation is 2. The zero-order valence-corrected chi connectivity index (χ0v) is 15.9. The van der Waals surface area contributed by atoms with Gasteiger partial charge in [-0.1, -0.05) is 13.0 Å². The van der Waals surface area contributed by atoms with Crippen molar-refractivity contribution in [3.8, 4) is 10.6 Å². The van der Waals surface area contributed by atoms with E-state index in [2.05, 4.69) is 29.4 Å². The summed E-state index contributed by atoms with van der Waals surface area (Å²) in [4.78, 5) is 13.5. The van der Waals surface area contributed by atoms with Crippen molar-refractivity contribution in [1.29, 1.82) is 0 Å². The fraction of sp³-hybridized carbons (Fsp3) is 0.389. The summed E-state index contributed by atoms with van der Waals surface area (Å²) in [6.45, 7) is 7.42. The van der Waals surface area contributed by atoms with E-state index in [1.807, 2.05) is 42.2 Å². The third-order valence-electron chi connectivity index (χ3n) is 4.38. The van der Waals surface area contributed by atoms with Crippen molar-refractivity contribution in [2.45, 2.75) is 33.7 Å². The Morgan fingerprint density at radius 3 is 2.76 bits per heavy atom. The van der Waals surface area contributed by atoms with Gasteiger partial charge in [-0.25, -0.2) is 0 Å². The van der Waals surface area contributed by atoms with Crippen molar-refractivity contribution in [2.75, 3.05) is 6.54 Å². The van der Waals surface area contributed by atoms with E-state index in [0.717, 1.165) is 22.7 Å². The molecule has 0 saturated heterocycles. The van der Waals surface area contributed by atoms with Crippen LogP contribution in [0.15, 0.2) is 23.6 Å². The molecular weight excluding hydrogens is 334 g/mol. The summed E-state index contributed by atoms with van der Waals surface area (Å²) in [5.41, 5.74) is 4.92. The fourth-order valence-electron chi connectivity index (χ4n) is 3.06. The molecule has 0 radical (unpaired) electrons. The zero-order valence-electron chi connectivity index (χ0n) is 15.0. The molecule has 6 nitrogen and oxygen atoms in total. The smallest absolute Gasteiger partial charge is 0.271 e. The molecule has 0 fully saturated rings. The molecular formula is C18H23N5OS. The topological polar surface area (TPSA) is 64.7 Å². The van der Waals surface area contributed by atoms with Crippen molar-refractivity contribution in [3.05, 3.63) is 46.2 Å². The van der Waals surface area contributed by atoms with Gasteiger partial charge in [-0.05, 0) is 43.3 Å². The summed E-state index contributed by atoms with van der Waals surface area (Å²) in [7, 11) is 1.86. The van der Waals surface area contributed by atoms with E-state index in [0.29, 0.717) is 18.8 Å². The second-order valence-corrected chi connectivity index (χ2v) is 6.95. The van der Waals surface area contributed by atoms with Gasteiger partial charge in [0.15, 0.2) is 5.69 Å². The number of nitrogens with one attached hydrogen (secondary N) is 1. The van der Waals surface area contributed by atoms with Crippen LogP contribution in [0.3, 0.4) is 0 Å². The van der Waals surface area contributed by atoms with Crippen LogP contribution in [0.4, 0.5) is 0 Å². The highest BCUT2D eigenvalue weighted by molar-refractivity contribution is 7.13. The van der Waals surface area contributed by atoms with Gasteiger partial charge in [-0.2, -0.15) is 10.2 Å². The van der Waals surface area contributed by atoms with Crippen LogP contribution in [-0.2, 0) is 20.0 Å². The lowest BCUT2D eigenvalue weighted by atomic mass is 10.1. The normalized spacial score (nSPS) is 11.0. The largest absolute Gasteiger partial charge is 0.349 e. The van der Waals surface area contributed by atoms with Crippen molar-refractivity contribution in [2.24, 2.45) is 7.05 Å². The molecule has 0 unspecified atom stereocenters. The molecule has 0 bridgehead atoms. The van der Waals surface area contributed by atoms with Gasteiger partial charge in [-0.15, -0.1) is 11.3 Å². The van der Waals surface area contributed by atoms with Crippen LogP contribution in [0.5, 0.6) is 0 Å². The van der Waals surface area contributed by atoms with Crippen molar-refractivity contribution >= 4 is 17.2 Å². The maximum atomic E-state index is 12.4. The molecule has 0 aliphatic heterocycles. The number of amides is 1. The fourth-order valence-corrected chi connectivity index (χ4v) is 3.84. The number of carbonyl (C=O) groups is 1. The molecule has 3 aromatic heterocycles. The number of rotatable bonds is 6. The van der Waals surface area contributed by atoms with Crippen molar-refractivity contribution in [1.82, 2.24) is 24.9 Å². The molecule has 25 heavy (non-hydrogen) atoms. The Morgan fingerprint density at radius 2 is 2.12 bits per heavy atom. The molecule has 1 amide bonds. The molecule has 7 heteroatoms. The molecule has 0 spiro atoms. The minimum atomic E-state index is -0.157.